The molecule has 0 N–H and O–H groups in total. The van der Waals surface area contributed by atoms with Gasteiger partial charge < -0.3 is 0 Å². The predicted molar refractivity (Wildman–Crippen MR) is 69.5 cm³/mol. The highest BCUT2D eigenvalue weighted by Gasteiger charge is 2.44. The monoisotopic (exact) mass is 279 g/mol. The van der Waals surface area contributed by atoms with Crippen molar-refractivity contribution in [2.45, 2.75) is 26.8 Å². The maximum atomic E-state index is 12.3. The number of fused-ring (bicyclic) bond motifs is 1. The molecule has 0 radical (unpaired) electrons. The van der Waals surface area contributed by atoms with E-state index in [1.54, 1.807) is 39.1 Å². The van der Waals surface area contributed by atoms with Gasteiger partial charge in [-0.3, -0.25) is 4.79 Å². The van der Waals surface area contributed by atoms with Crippen LogP contribution in [0.5, 0.6) is 0 Å². The maximum absolute atomic E-state index is 12.3. The molecule has 19 heavy (non-hydrogen) atoms. The average Bonchev–Trinajstić information content (AvgIpc) is 2.29. The van der Waals surface area contributed by atoms with Gasteiger partial charge in [0.2, 0.25) is 6.19 Å². The zero-order chi connectivity index (χ0) is 14.4. The van der Waals surface area contributed by atoms with Gasteiger partial charge in [-0.1, -0.05) is 12.1 Å². The van der Waals surface area contributed by atoms with Crippen LogP contribution in [0.3, 0.4) is 0 Å². The van der Waals surface area contributed by atoms with E-state index in [0.29, 0.717) is 9.87 Å². The van der Waals surface area contributed by atoms with Crippen LogP contribution in [-0.4, -0.2) is 24.7 Å². The Labute approximate surface area is 112 Å². The van der Waals surface area contributed by atoms with Gasteiger partial charge in [0.25, 0.3) is 5.91 Å². The molecule has 0 aliphatic carbocycles. The first-order chi connectivity index (χ1) is 8.82. The van der Waals surface area contributed by atoms with Crippen molar-refractivity contribution in [3.8, 4) is 6.19 Å². The minimum atomic E-state index is -4.14. The number of amides is 1. The van der Waals surface area contributed by atoms with E-state index in [4.69, 9.17) is 5.26 Å². The topological polar surface area (TPSA) is 81.5 Å². The van der Waals surface area contributed by atoms with Crippen molar-refractivity contribution >= 4 is 21.8 Å². The fourth-order valence-corrected chi connectivity index (χ4v) is 3.72. The van der Waals surface area contributed by atoms with E-state index in [1.165, 1.54) is 6.07 Å². The van der Waals surface area contributed by atoms with Gasteiger partial charge in [0, 0.05) is 6.04 Å². The average molecular weight is 279 g/mol. The third kappa shape index (κ3) is 1.76. The summed E-state index contributed by atoms with van der Waals surface area (Å²) in [7, 11) is -4.14. The zero-order valence-electron chi connectivity index (χ0n) is 10.8. The van der Waals surface area contributed by atoms with Crippen molar-refractivity contribution in [2.24, 2.45) is 0 Å². The third-order valence-electron chi connectivity index (χ3n) is 2.91. The normalized spacial score (nSPS) is 17.3. The fraction of sp³-hybridized carbons (Fsp3) is 0.333. The van der Waals surface area contributed by atoms with Crippen molar-refractivity contribution in [1.29, 1.82) is 5.26 Å². The molecular weight excluding hydrogens is 266 g/mol. The molecule has 0 aromatic heterocycles. The molecule has 1 heterocycles. The summed E-state index contributed by atoms with van der Waals surface area (Å²) >= 11 is 0. The summed E-state index contributed by atoms with van der Waals surface area (Å²) in [6.07, 6.45) is 1.65. The molecule has 0 fully saturated rings. The van der Waals surface area contributed by atoms with Gasteiger partial charge in [-0.2, -0.15) is 18.0 Å². The van der Waals surface area contributed by atoms with Crippen molar-refractivity contribution < 1.29 is 13.2 Å². The van der Waals surface area contributed by atoms with Crippen LogP contribution in [0.1, 0.15) is 29.8 Å². The number of aryl methyl sites for hydroxylation is 1. The first-order valence-corrected chi connectivity index (χ1v) is 7.10. The molecule has 100 valence electrons. The Morgan fingerprint density at radius 2 is 1.95 bits per heavy atom. The molecule has 0 atom stereocenters. The standard InChI is InChI=1S/C12H13N3O3S/c1-8(2)15-12(16)10-6-4-5-9(3)11(10)14(7-13)19(15,17)18/h4-6,8H,1-3H3. The van der Waals surface area contributed by atoms with E-state index in [0.717, 1.165) is 4.31 Å². The van der Waals surface area contributed by atoms with Gasteiger partial charge >= 0.3 is 10.2 Å². The van der Waals surface area contributed by atoms with Gasteiger partial charge in [0.15, 0.2) is 0 Å². The number of hydrogen-bond acceptors (Lipinski definition) is 4. The second-order valence-corrected chi connectivity index (χ2v) is 6.19. The van der Waals surface area contributed by atoms with Gasteiger partial charge in [-0.25, -0.2) is 4.31 Å². The van der Waals surface area contributed by atoms with Gasteiger partial charge in [0.05, 0.1) is 11.3 Å². The molecule has 0 unspecified atom stereocenters. The molecule has 1 aliphatic rings. The Hall–Kier alpha value is -2.07. The van der Waals surface area contributed by atoms with E-state index in [1.807, 2.05) is 0 Å². The van der Waals surface area contributed by atoms with Crippen LogP contribution in [0.4, 0.5) is 5.69 Å². The summed E-state index contributed by atoms with van der Waals surface area (Å²) < 4.78 is 26.0. The number of anilines is 1. The Morgan fingerprint density at radius 3 is 2.47 bits per heavy atom. The van der Waals surface area contributed by atoms with E-state index in [-0.39, 0.29) is 11.3 Å². The molecule has 7 heteroatoms. The number of benzene rings is 1. The molecule has 0 saturated carbocycles. The lowest BCUT2D eigenvalue weighted by Gasteiger charge is -2.35. The second kappa shape index (κ2) is 4.24. The highest BCUT2D eigenvalue weighted by molar-refractivity contribution is 7.91. The van der Waals surface area contributed by atoms with Crippen LogP contribution < -0.4 is 4.31 Å². The summed E-state index contributed by atoms with van der Waals surface area (Å²) in [4.78, 5) is 12.3. The predicted octanol–water partition coefficient (Wildman–Crippen LogP) is 1.39. The quantitative estimate of drug-likeness (QED) is 0.727. The zero-order valence-corrected chi connectivity index (χ0v) is 11.6. The van der Waals surface area contributed by atoms with Crippen molar-refractivity contribution in [1.82, 2.24) is 4.31 Å². The Bertz CT molecular complexity index is 689. The molecule has 2 rings (SSSR count). The van der Waals surface area contributed by atoms with E-state index in [2.05, 4.69) is 0 Å². The Balaban J connectivity index is 2.83. The highest BCUT2D eigenvalue weighted by atomic mass is 32.2. The third-order valence-corrected chi connectivity index (χ3v) is 4.72. The van der Waals surface area contributed by atoms with Gasteiger partial charge in [0.1, 0.15) is 0 Å². The minimum Gasteiger partial charge on any atom is -0.268 e. The lowest BCUT2D eigenvalue weighted by atomic mass is 10.1. The molecule has 1 aromatic carbocycles. The summed E-state index contributed by atoms with van der Waals surface area (Å²) in [5.74, 6) is -0.597. The summed E-state index contributed by atoms with van der Waals surface area (Å²) in [5.41, 5.74) is 0.941. The molecule has 0 saturated heterocycles. The number of hydrogen-bond donors (Lipinski definition) is 0. The summed E-state index contributed by atoms with van der Waals surface area (Å²) in [5, 5.41) is 9.14. The molecule has 0 spiro atoms. The maximum Gasteiger partial charge on any atom is 0.341 e. The largest absolute Gasteiger partial charge is 0.341 e. The van der Waals surface area contributed by atoms with Crippen LogP contribution >= 0.6 is 0 Å². The number of para-hydroxylation sites is 1. The molecular formula is C12H13N3O3S. The Kier molecular flexibility index (Phi) is 2.98. The van der Waals surface area contributed by atoms with Crippen LogP contribution in [0.15, 0.2) is 18.2 Å². The lowest BCUT2D eigenvalue weighted by molar-refractivity contribution is 0.0832. The molecule has 1 aromatic rings. The first kappa shape index (κ1) is 13.4. The van der Waals surface area contributed by atoms with Crippen molar-refractivity contribution in [3.05, 3.63) is 29.3 Å². The van der Waals surface area contributed by atoms with Crippen LogP contribution in [0.25, 0.3) is 0 Å². The van der Waals surface area contributed by atoms with Crippen molar-refractivity contribution in [3.63, 3.8) is 0 Å². The summed E-state index contributed by atoms with van der Waals surface area (Å²) in [6.45, 7) is 4.84. The number of rotatable bonds is 1. The van der Waals surface area contributed by atoms with Crippen LogP contribution in [0.2, 0.25) is 0 Å². The molecule has 0 bridgehead atoms. The van der Waals surface area contributed by atoms with E-state index in [9.17, 15) is 13.2 Å². The minimum absolute atomic E-state index is 0.145. The van der Waals surface area contributed by atoms with Crippen molar-refractivity contribution in [2.75, 3.05) is 4.31 Å². The highest BCUT2D eigenvalue weighted by Crippen LogP contribution is 2.35. The van der Waals surface area contributed by atoms with E-state index >= 15 is 0 Å². The van der Waals surface area contributed by atoms with E-state index < -0.39 is 22.2 Å². The number of carbonyl (C=O) groups excluding carboxylic acids is 1. The molecule has 6 nitrogen and oxygen atoms in total. The lowest BCUT2D eigenvalue weighted by Crippen LogP contribution is -2.52. The number of carbonyl (C=O) groups is 1. The first-order valence-electron chi connectivity index (χ1n) is 5.70. The summed E-state index contributed by atoms with van der Waals surface area (Å²) in [6, 6.07) is 4.30. The molecule has 1 aliphatic heterocycles. The van der Waals surface area contributed by atoms with Crippen LogP contribution in [0, 0.1) is 18.4 Å². The number of nitrogens with zero attached hydrogens (tertiary/aromatic N) is 3. The fourth-order valence-electron chi connectivity index (χ4n) is 2.13. The smallest absolute Gasteiger partial charge is 0.268 e. The number of nitriles is 1. The van der Waals surface area contributed by atoms with Crippen LogP contribution in [-0.2, 0) is 10.2 Å². The van der Waals surface area contributed by atoms with Gasteiger partial charge in [-0.05, 0) is 32.4 Å². The van der Waals surface area contributed by atoms with Gasteiger partial charge in [-0.15, -0.1) is 0 Å². The second-order valence-electron chi connectivity index (χ2n) is 4.54. The SMILES string of the molecule is Cc1cccc2c1N(C#N)S(=O)(=O)N(C(C)C)C2=O. The Morgan fingerprint density at radius 1 is 1.32 bits per heavy atom. The molecule has 1 amide bonds.